The summed E-state index contributed by atoms with van der Waals surface area (Å²) in [6.45, 7) is 3.39. The maximum absolute atomic E-state index is 11.3. The summed E-state index contributed by atoms with van der Waals surface area (Å²) in [4.78, 5) is 17.5. The van der Waals surface area contributed by atoms with E-state index in [9.17, 15) is 4.79 Å². The van der Waals surface area contributed by atoms with E-state index in [0.29, 0.717) is 12.1 Å². The summed E-state index contributed by atoms with van der Waals surface area (Å²) < 4.78 is 10.00. The van der Waals surface area contributed by atoms with Crippen molar-refractivity contribution in [2.45, 2.75) is 20.0 Å². The number of benzene rings is 1. The molecule has 106 valence electrons. The second-order valence-electron chi connectivity index (χ2n) is 4.72. The van der Waals surface area contributed by atoms with Crippen molar-refractivity contribution in [1.82, 2.24) is 9.88 Å². The van der Waals surface area contributed by atoms with E-state index in [2.05, 4.69) is 14.6 Å². The van der Waals surface area contributed by atoms with Crippen LogP contribution in [0, 0.1) is 6.92 Å². The summed E-state index contributed by atoms with van der Waals surface area (Å²) in [6.07, 6.45) is 1.46. The van der Waals surface area contributed by atoms with Gasteiger partial charge in [-0.2, -0.15) is 0 Å². The van der Waals surface area contributed by atoms with Crippen molar-refractivity contribution in [3.63, 3.8) is 0 Å². The molecule has 1 aromatic carbocycles. The van der Waals surface area contributed by atoms with Crippen LogP contribution in [0.15, 0.2) is 35.1 Å². The van der Waals surface area contributed by atoms with Gasteiger partial charge in [-0.15, -0.1) is 0 Å². The Bertz CT molecular complexity index is 575. The van der Waals surface area contributed by atoms with Crippen LogP contribution in [-0.4, -0.2) is 30.0 Å². The smallest absolute Gasteiger partial charge is 0.337 e. The Labute approximate surface area is 118 Å². The van der Waals surface area contributed by atoms with Crippen molar-refractivity contribution in [1.29, 1.82) is 0 Å². The van der Waals surface area contributed by atoms with Gasteiger partial charge in [0.25, 0.3) is 0 Å². The van der Waals surface area contributed by atoms with E-state index in [4.69, 9.17) is 4.42 Å². The van der Waals surface area contributed by atoms with Crippen molar-refractivity contribution < 1.29 is 13.9 Å². The molecule has 0 spiro atoms. The van der Waals surface area contributed by atoms with Gasteiger partial charge in [0.2, 0.25) is 0 Å². The molecule has 0 aliphatic heterocycles. The number of carbonyl (C=O) groups excluding carboxylic acids is 1. The summed E-state index contributed by atoms with van der Waals surface area (Å²) in [6, 6.07) is 7.40. The third kappa shape index (κ3) is 3.45. The third-order valence-electron chi connectivity index (χ3n) is 3.09. The number of nitrogens with zero attached hydrogens (tertiary/aromatic N) is 2. The lowest BCUT2D eigenvalue weighted by Gasteiger charge is -2.15. The Balaban J connectivity index is 1.96. The fourth-order valence-corrected chi connectivity index (χ4v) is 1.95. The first-order valence-electron chi connectivity index (χ1n) is 6.35. The molecule has 0 bridgehead atoms. The Morgan fingerprint density at radius 3 is 2.55 bits per heavy atom. The summed E-state index contributed by atoms with van der Waals surface area (Å²) in [5.41, 5.74) is 2.60. The molecule has 1 heterocycles. The number of rotatable bonds is 5. The summed E-state index contributed by atoms with van der Waals surface area (Å²) >= 11 is 0. The molecule has 0 fully saturated rings. The zero-order chi connectivity index (χ0) is 14.5. The van der Waals surface area contributed by atoms with Gasteiger partial charge in [0.15, 0.2) is 6.39 Å². The molecule has 5 heteroatoms. The van der Waals surface area contributed by atoms with E-state index in [1.165, 1.54) is 13.5 Å². The van der Waals surface area contributed by atoms with Gasteiger partial charge >= 0.3 is 5.97 Å². The number of hydrogen-bond donors (Lipinski definition) is 0. The standard InChI is InChI=1S/C15H18N2O3/c1-11-14(20-10-16-11)9-17(2)8-12-4-6-13(7-5-12)15(18)19-3/h4-7,10H,8-9H2,1-3H3. The van der Waals surface area contributed by atoms with Crippen molar-refractivity contribution in [3.05, 3.63) is 53.2 Å². The molecule has 0 saturated carbocycles. The van der Waals surface area contributed by atoms with E-state index in [-0.39, 0.29) is 5.97 Å². The molecule has 0 amide bonds. The van der Waals surface area contributed by atoms with Crippen molar-refractivity contribution in [2.24, 2.45) is 0 Å². The van der Waals surface area contributed by atoms with Crippen LogP contribution >= 0.6 is 0 Å². The molecular weight excluding hydrogens is 256 g/mol. The number of ether oxygens (including phenoxy) is 1. The van der Waals surface area contributed by atoms with Crippen LogP contribution in [0.4, 0.5) is 0 Å². The zero-order valence-electron chi connectivity index (χ0n) is 11.9. The summed E-state index contributed by atoms with van der Waals surface area (Å²) in [7, 11) is 3.39. The fraction of sp³-hybridized carbons (Fsp3) is 0.333. The van der Waals surface area contributed by atoms with Crippen molar-refractivity contribution in [3.8, 4) is 0 Å². The number of aromatic nitrogens is 1. The second-order valence-corrected chi connectivity index (χ2v) is 4.72. The molecule has 1 aromatic heterocycles. The Morgan fingerprint density at radius 1 is 1.30 bits per heavy atom. The van der Waals surface area contributed by atoms with Crippen LogP contribution in [0.3, 0.4) is 0 Å². The van der Waals surface area contributed by atoms with Crippen LogP contribution in [0.1, 0.15) is 27.4 Å². The topological polar surface area (TPSA) is 55.6 Å². The normalized spacial score (nSPS) is 10.8. The largest absolute Gasteiger partial charge is 0.465 e. The third-order valence-corrected chi connectivity index (χ3v) is 3.09. The minimum Gasteiger partial charge on any atom is -0.465 e. The lowest BCUT2D eigenvalue weighted by molar-refractivity contribution is 0.0600. The molecule has 0 aliphatic rings. The van der Waals surface area contributed by atoms with Gasteiger partial charge in [-0.3, -0.25) is 4.90 Å². The minimum absolute atomic E-state index is 0.317. The van der Waals surface area contributed by atoms with Crippen LogP contribution in [0.25, 0.3) is 0 Å². The maximum atomic E-state index is 11.3. The van der Waals surface area contributed by atoms with Gasteiger partial charge in [0, 0.05) is 6.54 Å². The number of oxazole rings is 1. The van der Waals surface area contributed by atoms with Crippen LogP contribution in [0.2, 0.25) is 0 Å². The van der Waals surface area contributed by atoms with Gasteiger partial charge < -0.3 is 9.15 Å². The van der Waals surface area contributed by atoms with Gasteiger partial charge in [0.1, 0.15) is 5.76 Å². The molecule has 5 nitrogen and oxygen atoms in total. The minimum atomic E-state index is -0.317. The average molecular weight is 274 g/mol. The Morgan fingerprint density at radius 2 is 2.00 bits per heavy atom. The molecule has 0 radical (unpaired) electrons. The lowest BCUT2D eigenvalue weighted by atomic mass is 10.1. The summed E-state index contributed by atoms with van der Waals surface area (Å²) in [5.74, 6) is 0.556. The van der Waals surface area contributed by atoms with Gasteiger partial charge in [-0.05, 0) is 31.7 Å². The Kier molecular flexibility index (Phi) is 4.53. The molecule has 0 saturated heterocycles. The molecule has 2 rings (SSSR count). The van der Waals surface area contributed by atoms with E-state index in [0.717, 1.165) is 23.6 Å². The van der Waals surface area contributed by atoms with Gasteiger partial charge in [-0.1, -0.05) is 12.1 Å². The quantitative estimate of drug-likeness (QED) is 0.784. The average Bonchev–Trinajstić information content (AvgIpc) is 2.84. The highest BCUT2D eigenvalue weighted by molar-refractivity contribution is 5.89. The highest BCUT2D eigenvalue weighted by Crippen LogP contribution is 2.12. The maximum Gasteiger partial charge on any atom is 0.337 e. The number of aryl methyl sites for hydroxylation is 1. The second kappa shape index (κ2) is 6.34. The first kappa shape index (κ1) is 14.3. The van der Waals surface area contributed by atoms with Crippen LogP contribution < -0.4 is 0 Å². The number of hydrogen-bond acceptors (Lipinski definition) is 5. The van der Waals surface area contributed by atoms with Crippen molar-refractivity contribution in [2.75, 3.05) is 14.2 Å². The van der Waals surface area contributed by atoms with Gasteiger partial charge in [0.05, 0.1) is 24.9 Å². The molecule has 2 aromatic rings. The van der Waals surface area contributed by atoms with Crippen LogP contribution in [-0.2, 0) is 17.8 Å². The highest BCUT2D eigenvalue weighted by Gasteiger charge is 2.09. The van der Waals surface area contributed by atoms with E-state index >= 15 is 0 Å². The molecular formula is C15H18N2O3. The fourth-order valence-electron chi connectivity index (χ4n) is 1.95. The van der Waals surface area contributed by atoms with E-state index < -0.39 is 0 Å². The summed E-state index contributed by atoms with van der Waals surface area (Å²) in [5, 5.41) is 0. The number of carbonyl (C=O) groups is 1. The highest BCUT2D eigenvalue weighted by atomic mass is 16.5. The lowest BCUT2D eigenvalue weighted by Crippen LogP contribution is -2.17. The molecule has 20 heavy (non-hydrogen) atoms. The zero-order valence-corrected chi connectivity index (χ0v) is 11.9. The molecule has 0 atom stereocenters. The first-order chi connectivity index (χ1) is 9.60. The predicted molar refractivity (Wildman–Crippen MR) is 74.2 cm³/mol. The van der Waals surface area contributed by atoms with E-state index in [1.54, 1.807) is 12.1 Å². The monoisotopic (exact) mass is 274 g/mol. The Hall–Kier alpha value is -2.14. The molecule has 0 unspecified atom stereocenters. The van der Waals surface area contributed by atoms with Crippen LogP contribution in [0.5, 0.6) is 0 Å². The number of methoxy groups -OCH3 is 1. The molecule has 0 N–H and O–H groups in total. The van der Waals surface area contributed by atoms with Crippen molar-refractivity contribution >= 4 is 5.97 Å². The number of esters is 1. The predicted octanol–water partition coefficient (Wildman–Crippen LogP) is 2.40. The van der Waals surface area contributed by atoms with Gasteiger partial charge in [-0.25, -0.2) is 9.78 Å². The molecule has 0 aliphatic carbocycles. The first-order valence-corrected chi connectivity index (χ1v) is 6.35. The van der Waals surface area contributed by atoms with E-state index in [1.807, 2.05) is 26.1 Å². The SMILES string of the molecule is COC(=O)c1ccc(CN(C)Cc2ocnc2C)cc1.